The summed E-state index contributed by atoms with van der Waals surface area (Å²) in [6, 6.07) is 3.64. The number of carboxylic acids is 2. The zero-order valence-electron chi connectivity index (χ0n) is 11.7. The van der Waals surface area contributed by atoms with E-state index in [1.807, 2.05) is 0 Å². The Bertz CT molecular complexity index is 543. The topological polar surface area (TPSA) is 150 Å². The number of nitrogens with two attached hydrogens (primary N) is 1. The highest BCUT2D eigenvalue weighted by molar-refractivity contribution is 5.87. The minimum Gasteiger partial charge on any atom is -0.508 e. The van der Waals surface area contributed by atoms with Gasteiger partial charge in [0.1, 0.15) is 11.8 Å². The van der Waals surface area contributed by atoms with Crippen molar-refractivity contribution in [3.8, 4) is 5.75 Å². The van der Waals surface area contributed by atoms with E-state index in [2.05, 4.69) is 5.32 Å². The number of aromatic hydroxyl groups is 1. The molecule has 0 saturated heterocycles. The average Bonchev–Trinajstić information content (AvgIpc) is 2.45. The highest BCUT2D eigenvalue weighted by Crippen LogP contribution is 2.11. The first-order chi connectivity index (χ1) is 10.3. The number of nitrogens with one attached hydrogen (secondary N) is 1. The number of carboxylic acid groups (broad SMARTS) is 2. The number of carbonyl (C=O) groups excluding carboxylic acids is 1. The van der Waals surface area contributed by atoms with Gasteiger partial charge in [0.15, 0.2) is 0 Å². The molecule has 0 aliphatic rings. The van der Waals surface area contributed by atoms with Gasteiger partial charge in [-0.2, -0.15) is 0 Å². The molecule has 1 aromatic carbocycles. The summed E-state index contributed by atoms with van der Waals surface area (Å²) in [5.74, 6) is -2.98. The Labute approximate surface area is 126 Å². The van der Waals surface area contributed by atoms with Crippen molar-refractivity contribution in [3.05, 3.63) is 29.8 Å². The molecule has 1 amide bonds. The van der Waals surface area contributed by atoms with Crippen LogP contribution in [0.25, 0.3) is 0 Å². The molecule has 8 heteroatoms. The largest absolute Gasteiger partial charge is 0.508 e. The fourth-order valence-corrected chi connectivity index (χ4v) is 1.76. The summed E-state index contributed by atoms with van der Waals surface area (Å²) in [6.07, 6.45) is -0.329. The number of phenolic OH excluding ortho intramolecular Hbond substituents is 1. The SMILES string of the molecule is N[C@@H](CCC(=O)O)C(=O)N[C@H](Cc1ccc(O)cc1)C(=O)O. The average molecular weight is 310 g/mol. The number of carbonyl (C=O) groups is 3. The van der Waals surface area contributed by atoms with Gasteiger partial charge < -0.3 is 26.4 Å². The van der Waals surface area contributed by atoms with E-state index < -0.39 is 29.9 Å². The second kappa shape index (κ2) is 7.99. The minimum absolute atomic E-state index is 0.0208. The molecule has 0 radical (unpaired) electrons. The van der Waals surface area contributed by atoms with Crippen LogP contribution in [0.5, 0.6) is 5.75 Å². The molecule has 0 bridgehead atoms. The summed E-state index contributed by atoms with van der Waals surface area (Å²) in [5, 5.41) is 29.1. The Kier molecular flexibility index (Phi) is 6.33. The Morgan fingerprint density at radius 2 is 1.73 bits per heavy atom. The smallest absolute Gasteiger partial charge is 0.326 e. The molecule has 0 heterocycles. The van der Waals surface area contributed by atoms with Crippen LogP contribution in [-0.4, -0.2) is 45.2 Å². The van der Waals surface area contributed by atoms with E-state index in [1.165, 1.54) is 12.1 Å². The van der Waals surface area contributed by atoms with Crippen molar-refractivity contribution >= 4 is 17.8 Å². The first kappa shape index (κ1) is 17.4. The molecule has 0 aliphatic carbocycles. The van der Waals surface area contributed by atoms with Crippen LogP contribution in [0.1, 0.15) is 18.4 Å². The van der Waals surface area contributed by atoms with E-state index in [-0.39, 0.29) is 25.0 Å². The molecule has 120 valence electrons. The third kappa shape index (κ3) is 5.80. The second-order valence-electron chi connectivity index (χ2n) is 4.81. The maximum absolute atomic E-state index is 11.8. The van der Waals surface area contributed by atoms with Crippen molar-refractivity contribution in [1.29, 1.82) is 0 Å². The molecule has 6 N–H and O–H groups in total. The van der Waals surface area contributed by atoms with Crippen molar-refractivity contribution in [2.45, 2.75) is 31.3 Å². The standard InChI is InChI=1S/C14H18N2O6/c15-10(5-6-12(18)19)13(20)16-11(14(21)22)7-8-1-3-9(17)4-2-8/h1-4,10-11,17H,5-7,15H2,(H,16,20)(H,18,19)(H,21,22)/t10-,11+/m0/s1. The Morgan fingerprint density at radius 3 is 2.23 bits per heavy atom. The lowest BCUT2D eigenvalue weighted by Crippen LogP contribution is -2.49. The molecular formula is C14H18N2O6. The van der Waals surface area contributed by atoms with Crippen LogP contribution in [0.15, 0.2) is 24.3 Å². The van der Waals surface area contributed by atoms with Gasteiger partial charge in [0.2, 0.25) is 5.91 Å². The van der Waals surface area contributed by atoms with Gasteiger partial charge in [0.25, 0.3) is 0 Å². The summed E-state index contributed by atoms with van der Waals surface area (Å²) >= 11 is 0. The van der Waals surface area contributed by atoms with Gasteiger partial charge >= 0.3 is 11.9 Å². The van der Waals surface area contributed by atoms with Gasteiger partial charge in [-0.3, -0.25) is 9.59 Å². The van der Waals surface area contributed by atoms with Gasteiger partial charge in [0.05, 0.1) is 6.04 Å². The van der Waals surface area contributed by atoms with Crippen LogP contribution in [0.3, 0.4) is 0 Å². The Hall–Kier alpha value is -2.61. The molecule has 8 nitrogen and oxygen atoms in total. The minimum atomic E-state index is -1.23. The molecule has 1 rings (SSSR count). The molecule has 0 aromatic heterocycles. The number of benzene rings is 1. The molecule has 0 unspecified atom stereocenters. The van der Waals surface area contributed by atoms with Gasteiger partial charge in [-0.05, 0) is 24.1 Å². The molecule has 0 saturated carbocycles. The predicted molar refractivity (Wildman–Crippen MR) is 76.2 cm³/mol. The van der Waals surface area contributed by atoms with Crippen molar-refractivity contribution in [2.75, 3.05) is 0 Å². The zero-order chi connectivity index (χ0) is 16.7. The van der Waals surface area contributed by atoms with Gasteiger partial charge in [-0.1, -0.05) is 12.1 Å². The number of hydrogen-bond donors (Lipinski definition) is 5. The molecule has 22 heavy (non-hydrogen) atoms. The van der Waals surface area contributed by atoms with Crippen molar-refractivity contribution < 1.29 is 29.7 Å². The fraction of sp³-hybridized carbons (Fsp3) is 0.357. The molecule has 0 spiro atoms. The number of aliphatic carboxylic acids is 2. The molecule has 0 fully saturated rings. The van der Waals surface area contributed by atoms with Crippen LogP contribution in [-0.2, 0) is 20.8 Å². The van der Waals surface area contributed by atoms with Gasteiger partial charge in [-0.25, -0.2) is 4.79 Å². The summed E-state index contributed by atoms with van der Waals surface area (Å²) in [6.45, 7) is 0. The van der Waals surface area contributed by atoms with Crippen molar-refractivity contribution in [3.63, 3.8) is 0 Å². The summed E-state index contributed by atoms with van der Waals surface area (Å²) in [5.41, 5.74) is 6.14. The number of hydrogen-bond acceptors (Lipinski definition) is 5. The van der Waals surface area contributed by atoms with Crippen LogP contribution in [0, 0.1) is 0 Å². The monoisotopic (exact) mass is 310 g/mol. The summed E-state index contributed by atoms with van der Waals surface area (Å²) in [4.78, 5) is 33.4. The van der Waals surface area contributed by atoms with Gasteiger partial charge in [-0.15, -0.1) is 0 Å². The lowest BCUT2D eigenvalue weighted by molar-refractivity contribution is -0.142. The number of amides is 1. The lowest BCUT2D eigenvalue weighted by atomic mass is 10.0. The maximum Gasteiger partial charge on any atom is 0.326 e. The fourth-order valence-electron chi connectivity index (χ4n) is 1.76. The van der Waals surface area contributed by atoms with Crippen LogP contribution in [0.4, 0.5) is 0 Å². The maximum atomic E-state index is 11.8. The molecule has 2 atom stereocenters. The zero-order valence-corrected chi connectivity index (χ0v) is 11.7. The lowest BCUT2D eigenvalue weighted by Gasteiger charge is -2.17. The highest BCUT2D eigenvalue weighted by Gasteiger charge is 2.23. The van der Waals surface area contributed by atoms with Crippen LogP contribution < -0.4 is 11.1 Å². The normalized spacial score (nSPS) is 13.1. The van der Waals surface area contributed by atoms with E-state index in [1.54, 1.807) is 12.1 Å². The van der Waals surface area contributed by atoms with E-state index in [4.69, 9.17) is 15.9 Å². The molecular weight excluding hydrogens is 292 g/mol. The second-order valence-corrected chi connectivity index (χ2v) is 4.81. The van der Waals surface area contributed by atoms with Crippen molar-refractivity contribution in [1.82, 2.24) is 5.32 Å². The van der Waals surface area contributed by atoms with E-state index in [9.17, 15) is 19.5 Å². The van der Waals surface area contributed by atoms with Crippen LogP contribution >= 0.6 is 0 Å². The van der Waals surface area contributed by atoms with Gasteiger partial charge in [0, 0.05) is 12.8 Å². The third-order valence-electron chi connectivity index (χ3n) is 3.00. The van der Waals surface area contributed by atoms with Crippen molar-refractivity contribution in [2.24, 2.45) is 5.73 Å². The van der Waals surface area contributed by atoms with E-state index in [0.717, 1.165) is 0 Å². The molecule has 1 aromatic rings. The Balaban J connectivity index is 2.63. The summed E-state index contributed by atoms with van der Waals surface area (Å²) < 4.78 is 0. The third-order valence-corrected chi connectivity index (χ3v) is 3.00. The van der Waals surface area contributed by atoms with E-state index >= 15 is 0 Å². The Morgan fingerprint density at radius 1 is 1.14 bits per heavy atom. The first-order valence-corrected chi connectivity index (χ1v) is 6.58. The predicted octanol–water partition coefficient (Wildman–Crippen LogP) is -0.304. The first-order valence-electron chi connectivity index (χ1n) is 6.58. The highest BCUT2D eigenvalue weighted by atomic mass is 16.4. The molecule has 0 aliphatic heterocycles. The number of rotatable bonds is 8. The summed E-state index contributed by atoms with van der Waals surface area (Å²) in [7, 11) is 0. The van der Waals surface area contributed by atoms with E-state index in [0.29, 0.717) is 5.56 Å². The number of phenols is 1. The quantitative estimate of drug-likeness (QED) is 0.442. The van der Waals surface area contributed by atoms with Crippen LogP contribution in [0.2, 0.25) is 0 Å².